The minimum atomic E-state index is 0.223. The first kappa shape index (κ1) is 16.8. The van der Waals surface area contributed by atoms with Crippen LogP contribution in [0, 0.1) is 13.8 Å². The lowest BCUT2D eigenvalue weighted by molar-refractivity contribution is -0.131. The summed E-state index contributed by atoms with van der Waals surface area (Å²) in [6, 6.07) is 7.88. The number of aromatic amines is 1. The van der Waals surface area contributed by atoms with Gasteiger partial charge in [-0.25, -0.2) is 0 Å². The first-order valence-corrected chi connectivity index (χ1v) is 8.71. The summed E-state index contributed by atoms with van der Waals surface area (Å²) in [6.45, 7) is 7.19. The number of halogens is 1. The van der Waals surface area contributed by atoms with E-state index in [2.05, 4.69) is 21.2 Å². The number of rotatable bonds is 4. The van der Waals surface area contributed by atoms with Gasteiger partial charge < -0.3 is 9.80 Å². The van der Waals surface area contributed by atoms with Crippen molar-refractivity contribution in [2.75, 3.05) is 31.1 Å². The summed E-state index contributed by atoms with van der Waals surface area (Å²) >= 11 is 6.06. The van der Waals surface area contributed by atoms with Crippen molar-refractivity contribution in [2.24, 2.45) is 0 Å². The van der Waals surface area contributed by atoms with Crippen molar-refractivity contribution in [2.45, 2.75) is 26.7 Å². The van der Waals surface area contributed by atoms with Gasteiger partial charge in [-0.15, -0.1) is 0 Å². The molecule has 6 heteroatoms. The highest BCUT2D eigenvalue weighted by Gasteiger charge is 2.21. The molecular formula is C18H23ClN4O. The molecule has 2 aromatic rings. The smallest absolute Gasteiger partial charge is 0.223 e. The Hall–Kier alpha value is -2.01. The topological polar surface area (TPSA) is 52.2 Å². The van der Waals surface area contributed by atoms with E-state index in [0.717, 1.165) is 54.7 Å². The Morgan fingerprint density at radius 2 is 2.00 bits per heavy atom. The zero-order valence-electron chi connectivity index (χ0n) is 14.2. The molecule has 0 saturated carbocycles. The van der Waals surface area contributed by atoms with Gasteiger partial charge >= 0.3 is 0 Å². The monoisotopic (exact) mass is 346 g/mol. The van der Waals surface area contributed by atoms with Crippen molar-refractivity contribution >= 4 is 23.2 Å². The van der Waals surface area contributed by atoms with Crippen molar-refractivity contribution in [1.82, 2.24) is 15.1 Å². The minimum Gasteiger partial charge on any atom is -0.368 e. The van der Waals surface area contributed by atoms with Gasteiger partial charge in [0.25, 0.3) is 0 Å². The number of hydrogen-bond acceptors (Lipinski definition) is 3. The summed E-state index contributed by atoms with van der Waals surface area (Å²) in [5.41, 5.74) is 4.34. The third kappa shape index (κ3) is 3.73. The highest BCUT2D eigenvalue weighted by Crippen LogP contribution is 2.21. The van der Waals surface area contributed by atoms with Crippen LogP contribution < -0.4 is 4.90 Å². The maximum Gasteiger partial charge on any atom is 0.223 e. The molecule has 1 N–H and O–H groups in total. The van der Waals surface area contributed by atoms with Crippen LogP contribution in [0.1, 0.15) is 23.4 Å². The fourth-order valence-corrected chi connectivity index (χ4v) is 3.40. The van der Waals surface area contributed by atoms with E-state index in [1.807, 2.05) is 36.9 Å². The van der Waals surface area contributed by atoms with Gasteiger partial charge in [0.2, 0.25) is 5.91 Å². The fraction of sp³-hybridized carbons (Fsp3) is 0.444. The Morgan fingerprint density at radius 3 is 2.62 bits per heavy atom. The molecule has 1 aromatic heterocycles. The van der Waals surface area contributed by atoms with Crippen LogP contribution in [-0.4, -0.2) is 47.2 Å². The number of anilines is 1. The van der Waals surface area contributed by atoms with Gasteiger partial charge in [-0.2, -0.15) is 5.10 Å². The number of nitrogens with one attached hydrogen (secondary N) is 1. The number of amides is 1. The van der Waals surface area contributed by atoms with Crippen LogP contribution >= 0.6 is 11.6 Å². The van der Waals surface area contributed by atoms with Crippen LogP contribution in [0.15, 0.2) is 24.3 Å². The van der Waals surface area contributed by atoms with Gasteiger partial charge in [0.15, 0.2) is 0 Å². The number of benzene rings is 1. The lowest BCUT2D eigenvalue weighted by atomic mass is 10.1. The molecule has 5 nitrogen and oxygen atoms in total. The zero-order valence-corrected chi connectivity index (χ0v) is 14.9. The number of H-pyrrole nitrogens is 1. The number of piperazine rings is 1. The Kier molecular flexibility index (Phi) is 5.09. The summed E-state index contributed by atoms with van der Waals surface area (Å²) < 4.78 is 0. The molecule has 24 heavy (non-hydrogen) atoms. The lowest BCUT2D eigenvalue weighted by Crippen LogP contribution is -2.48. The van der Waals surface area contributed by atoms with Crippen molar-refractivity contribution in [3.05, 3.63) is 46.2 Å². The third-order valence-electron chi connectivity index (χ3n) is 4.68. The maximum atomic E-state index is 12.5. The summed E-state index contributed by atoms with van der Waals surface area (Å²) in [5, 5.41) is 7.91. The molecule has 2 heterocycles. The summed E-state index contributed by atoms with van der Waals surface area (Å²) in [7, 11) is 0. The molecule has 0 spiro atoms. The lowest BCUT2D eigenvalue weighted by Gasteiger charge is -2.36. The number of carbonyl (C=O) groups is 1. The maximum absolute atomic E-state index is 12.5. The highest BCUT2D eigenvalue weighted by molar-refractivity contribution is 6.30. The van der Waals surface area contributed by atoms with Crippen molar-refractivity contribution in [3.63, 3.8) is 0 Å². The van der Waals surface area contributed by atoms with E-state index in [9.17, 15) is 4.79 Å². The zero-order chi connectivity index (χ0) is 17.1. The molecule has 0 bridgehead atoms. The largest absolute Gasteiger partial charge is 0.368 e. The standard InChI is InChI=1S/C18H23ClN4O/c1-13-17(14(2)21-20-13)6-7-18(24)23-10-8-22(9-11-23)16-5-3-4-15(19)12-16/h3-5,12H,6-11H2,1-2H3,(H,20,21). The Balaban J connectivity index is 1.52. The SMILES string of the molecule is Cc1n[nH]c(C)c1CCC(=O)N1CCN(c2cccc(Cl)c2)CC1. The predicted octanol–water partition coefficient (Wildman–Crippen LogP) is 2.96. The van der Waals surface area contributed by atoms with E-state index in [1.165, 1.54) is 5.56 Å². The summed E-state index contributed by atoms with van der Waals surface area (Å²) in [5.74, 6) is 0.223. The molecule has 0 atom stereocenters. The molecule has 1 saturated heterocycles. The van der Waals surface area contributed by atoms with Gasteiger partial charge in [0.1, 0.15) is 0 Å². The van der Waals surface area contributed by atoms with Crippen LogP contribution in [0.3, 0.4) is 0 Å². The number of aromatic nitrogens is 2. The summed E-state index contributed by atoms with van der Waals surface area (Å²) in [4.78, 5) is 16.7. The first-order chi connectivity index (χ1) is 11.5. The number of aryl methyl sites for hydroxylation is 2. The fourth-order valence-electron chi connectivity index (χ4n) is 3.22. The average Bonchev–Trinajstić information content (AvgIpc) is 2.91. The van der Waals surface area contributed by atoms with Gasteiger partial charge in [-0.3, -0.25) is 9.89 Å². The number of hydrogen-bond donors (Lipinski definition) is 1. The quantitative estimate of drug-likeness (QED) is 0.926. The Labute approximate surface area is 147 Å². The normalized spacial score (nSPS) is 15.0. The van der Waals surface area contributed by atoms with Gasteiger partial charge in [0.05, 0.1) is 5.69 Å². The van der Waals surface area contributed by atoms with Crippen LogP contribution in [0.4, 0.5) is 5.69 Å². The second-order valence-electron chi connectivity index (χ2n) is 6.26. The molecule has 128 valence electrons. The van der Waals surface area contributed by atoms with Crippen molar-refractivity contribution in [1.29, 1.82) is 0 Å². The van der Waals surface area contributed by atoms with Crippen LogP contribution in [0.25, 0.3) is 0 Å². The molecule has 1 amide bonds. The molecule has 1 aliphatic heterocycles. The van der Waals surface area contributed by atoms with Crippen LogP contribution in [0.2, 0.25) is 5.02 Å². The van der Waals surface area contributed by atoms with Gasteiger partial charge in [-0.1, -0.05) is 17.7 Å². The average molecular weight is 347 g/mol. The molecule has 1 aromatic carbocycles. The minimum absolute atomic E-state index is 0.223. The van der Waals surface area contributed by atoms with Gasteiger partial charge in [0, 0.05) is 49.0 Å². The Morgan fingerprint density at radius 1 is 1.25 bits per heavy atom. The van der Waals surface area contributed by atoms with Crippen LogP contribution in [-0.2, 0) is 11.2 Å². The van der Waals surface area contributed by atoms with E-state index in [0.29, 0.717) is 6.42 Å². The van der Waals surface area contributed by atoms with Crippen molar-refractivity contribution < 1.29 is 4.79 Å². The molecule has 1 fully saturated rings. The van der Waals surface area contributed by atoms with E-state index in [-0.39, 0.29) is 5.91 Å². The van der Waals surface area contributed by atoms with E-state index in [4.69, 9.17) is 11.6 Å². The van der Waals surface area contributed by atoms with E-state index in [1.54, 1.807) is 0 Å². The van der Waals surface area contributed by atoms with E-state index < -0.39 is 0 Å². The molecule has 0 aliphatic carbocycles. The molecule has 3 rings (SSSR count). The van der Waals surface area contributed by atoms with Gasteiger partial charge in [-0.05, 0) is 44.0 Å². The predicted molar refractivity (Wildman–Crippen MR) is 96.6 cm³/mol. The second kappa shape index (κ2) is 7.26. The Bertz CT molecular complexity index is 700. The highest BCUT2D eigenvalue weighted by atomic mass is 35.5. The number of carbonyl (C=O) groups excluding carboxylic acids is 1. The van der Waals surface area contributed by atoms with Crippen molar-refractivity contribution in [3.8, 4) is 0 Å². The summed E-state index contributed by atoms with van der Waals surface area (Å²) in [6.07, 6.45) is 1.29. The molecular weight excluding hydrogens is 324 g/mol. The first-order valence-electron chi connectivity index (χ1n) is 8.33. The molecule has 1 aliphatic rings. The second-order valence-corrected chi connectivity index (χ2v) is 6.70. The van der Waals surface area contributed by atoms with Crippen LogP contribution in [0.5, 0.6) is 0 Å². The third-order valence-corrected chi connectivity index (χ3v) is 4.91. The number of nitrogens with zero attached hydrogens (tertiary/aromatic N) is 3. The van der Waals surface area contributed by atoms with E-state index >= 15 is 0 Å². The molecule has 0 unspecified atom stereocenters. The molecule has 0 radical (unpaired) electrons.